The highest BCUT2D eigenvalue weighted by atomic mass is 35.5. The van der Waals surface area contributed by atoms with Gasteiger partial charge in [0.15, 0.2) is 0 Å². The summed E-state index contributed by atoms with van der Waals surface area (Å²) in [6.07, 6.45) is 6.08. The van der Waals surface area contributed by atoms with Gasteiger partial charge in [-0.15, -0.1) is 0 Å². The van der Waals surface area contributed by atoms with Crippen LogP contribution in [-0.2, 0) is 4.79 Å². The first-order chi connectivity index (χ1) is 6.16. The van der Waals surface area contributed by atoms with Crippen molar-refractivity contribution in [1.82, 2.24) is 0 Å². The third-order valence-corrected chi connectivity index (χ3v) is 3.74. The molecule has 3 unspecified atom stereocenters. The number of hydrogen-bond acceptors (Lipinski definition) is 1. The van der Waals surface area contributed by atoms with Gasteiger partial charge < -0.3 is 5.11 Å². The predicted molar refractivity (Wildman–Crippen MR) is 50.5 cm³/mol. The number of rotatable bonds is 2. The molecule has 0 spiro atoms. The largest absolute Gasteiger partial charge is 0.478 e. The van der Waals surface area contributed by atoms with Gasteiger partial charge in [-0.05, 0) is 37.0 Å². The van der Waals surface area contributed by atoms with E-state index in [0.717, 1.165) is 18.4 Å². The van der Waals surface area contributed by atoms with Gasteiger partial charge in [0, 0.05) is 11.1 Å². The molecule has 2 nitrogen and oxygen atoms in total. The Morgan fingerprint density at radius 3 is 2.62 bits per heavy atom. The summed E-state index contributed by atoms with van der Waals surface area (Å²) in [5, 5.41) is 9.11. The first-order valence-corrected chi connectivity index (χ1v) is 5.14. The molecule has 0 amide bonds. The summed E-state index contributed by atoms with van der Waals surface area (Å²) in [4.78, 5) is 10.4. The van der Waals surface area contributed by atoms with Gasteiger partial charge in [-0.3, -0.25) is 0 Å². The number of carboxylic acids is 1. The molecular formula is C10H13ClO2. The molecule has 0 aromatic heterocycles. The SMILES string of the molecule is O=C(O)/C=C(/Cl)C1CC2CCC1C2. The molecule has 0 heterocycles. The van der Waals surface area contributed by atoms with Crippen LogP contribution in [0.5, 0.6) is 0 Å². The minimum absolute atomic E-state index is 0.344. The number of hydrogen-bond donors (Lipinski definition) is 1. The van der Waals surface area contributed by atoms with Gasteiger partial charge in [-0.1, -0.05) is 18.0 Å². The number of carbonyl (C=O) groups is 1. The highest BCUT2D eigenvalue weighted by Gasteiger charge is 2.40. The highest BCUT2D eigenvalue weighted by Crippen LogP contribution is 2.51. The zero-order valence-corrected chi connectivity index (χ0v) is 8.13. The zero-order valence-electron chi connectivity index (χ0n) is 7.37. The Morgan fingerprint density at radius 1 is 1.38 bits per heavy atom. The smallest absolute Gasteiger partial charge is 0.329 e. The summed E-state index contributed by atoms with van der Waals surface area (Å²) in [6, 6.07) is 0. The van der Waals surface area contributed by atoms with E-state index in [1.165, 1.54) is 19.3 Å². The molecule has 2 fully saturated rings. The van der Waals surface area contributed by atoms with Crippen molar-refractivity contribution in [1.29, 1.82) is 0 Å². The second-order valence-corrected chi connectivity index (χ2v) is 4.59. The third kappa shape index (κ3) is 1.73. The minimum atomic E-state index is -0.923. The summed E-state index contributed by atoms with van der Waals surface area (Å²) >= 11 is 5.96. The molecule has 2 aliphatic carbocycles. The van der Waals surface area contributed by atoms with Crippen LogP contribution in [0.1, 0.15) is 25.7 Å². The van der Waals surface area contributed by atoms with E-state index in [4.69, 9.17) is 16.7 Å². The van der Waals surface area contributed by atoms with Crippen molar-refractivity contribution in [3.05, 3.63) is 11.1 Å². The normalized spacial score (nSPS) is 38.2. The number of aliphatic carboxylic acids is 1. The van der Waals surface area contributed by atoms with E-state index in [2.05, 4.69) is 0 Å². The van der Waals surface area contributed by atoms with Crippen molar-refractivity contribution in [2.45, 2.75) is 25.7 Å². The van der Waals surface area contributed by atoms with Gasteiger partial charge in [0.2, 0.25) is 0 Å². The maximum atomic E-state index is 10.4. The number of halogens is 1. The van der Waals surface area contributed by atoms with Crippen LogP contribution in [0, 0.1) is 17.8 Å². The molecule has 0 aromatic rings. The van der Waals surface area contributed by atoms with Gasteiger partial charge in [0.1, 0.15) is 0 Å². The summed E-state index contributed by atoms with van der Waals surface area (Å²) in [7, 11) is 0. The van der Waals surface area contributed by atoms with Crippen molar-refractivity contribution < 1.29 is 9.90 Å². The highest BCUT2D eigenvalue weighted by molar-refractivity contribution is 6.31. The van der Waals surface area contributed by atoms with Crippen LogP contribution < -0.4 is 0 Å². The summed E-state index contributed by atoms with van der Waals surface area (Å²) < 4.78 is 0. The molecule has 2 saturated carbocycles. The minimum Gasteiger partial charge on any atom is -0.478 e. The fraction of sp³-hybridized carbons (Fsp3) is 0.700. The molecular weight excluding hydrogens is 188 g/mol. The van der Waals surface area contributed by atoms with E-state index in [-0.39, 0.29) is 0 Å². The molecule has 2 aliphatic rings. The van der Waals surface area contributed by atoms with Crippen LogP contribution in [0.4, 0.5) is 0 Å². The van der Waals surface area contributed by atoms with Gasteiger partial charge in [-0.2, -0.15) is 0 Å². The van der Waals surface area contributed by atoms with Crippen molar-refractivity contribution in [2.75, 3.05) is 0 Å². The lowest BCUT2D eigenvalue weighted by Crippen LogP contribution is -2.11. The van der Waals surface area contributed by atoms with Crippen molar-refractivity contribution in [3.8, 4) is 0 Å². The molecule has 2 bridgehead atoms. The lowest BCUT2D eigenvalue weighted by atomic mass is 9.88. The van der Waals surface area contributed by atoms with Crippen LogP contribution in [0.3, 0.4) is 0 Å². The number of fused-ring (bicyclic) bond motifs is 2. The second-order valence-electron chi connectivity index (χ2n) is 4.15. The topological polar surface area (TPSA) is 37.3 Å². The first-order valence-electron chi connectivity index (χ1n) is 4.77. The van der Waals surface area contributed by atoms with Gasteiger partial charge in [-0.25, -0.2) is 4.79 Å². The first kappa shape index (κ1) is 9.07. The monoisotopic (exact) mass is 200 g/mol. The standard InChI is InChI=1S/C10H13ClO2/c11-9(5-10(12)13)8-4-6-1-2-7(8)3-6/h5-8H,1-4H2,(H,12,13)/b9-5+. The van der Waals surface area contributed by atoms with Crippen molar-refractivity contribution in [2.24, 2.45) is 17.8 Å². The number of allylic oxidation sites excluding steroid dienone is 1. The summed E-state index contributed by atoms with van der Waals surface area (Å²) in [6.45, 7) is 0. The average Bonchev–Trinajstić information content (AvgIpc) is 2.62. The van der Waals surface area contributed by atoms with Gasteiger partial charge in [0.05, 0.1) is 0 Å². The molecule has 72 valence electrons. The molecule has 0 radical (unpaired) electrons. The van der Waals surface area contributed by atoms with Crippen LogP contribution in [-0.4, -0.2) is 11.1 Å². The van der Waals surface area contributed by atoms with Gasteiger partial charge >= 0.3 is 5.97 Å². The second kappa shape index (κ2) is 3.33. The molecule has 13 heavy (non-hydrogen) atoms. The van der Waals surface area contributed by atoms with E-state index in [9.17, 15) is 4.79 Å². The Morgan fingerprint density at radius 2 is 2.15 bits per heavy atom. The van der Waals surface area contributed by atoms with Gasteiger partial charge in [0.25, 0.3) is 0 Å². The Hall–Kier alpha value is -0.500. The van der Waals surface area contributed by atoms with E-state index in [0.29, 0.717) is 16.9 Å². The quantitative estimate of drug-likeness (QED) is 0.696. The molecule has 0 aliphatic heterocycles. The molecule has 1 N–H and O–H groups in total. The van der Waals surface area contributed by atoms with E-state index in [1.54, 1.807) is 0 Å². The van der Waals surface area contributed by atoms with Crippen LogP contribution in [0.2, 0.25) is 0 Å². The average molecular weight is 201 g/mol. The zero-order chi connectivity index (χ0) is 9.42. The van der Waals surface area contributed by atoms with Crippen molar-refractivity contribution >= 4 is 17.6 Å². The molecule has 0 saturated heterocycles. The Labute approximate surface area is 82.6 Å². The molecule has 3 atom stereocenters. The fourth-order valence-electron chi connectivity index (χ4n) is 2.81. The maximum Gasteiger partial charge on any atom is 0.329 e. The Bertz CT molecular complexity index is 260. The van der Waals surface area contributed by atoms with E-state index < -0.39 is 5.97 Å². The lowest BCUT2D eigenvalue weighted by molar-refractivity contribution is -0.131. The Kier molecular flexibility index (Phi) is 2.33. The lowest BCUT2D eigenvalue weighted by Gasteiger charge is -2.20. The third-order valence-electron chi connectivity index (χ3n) is 3.35. The molecule has 0 aromatic carbocycles. The summed E-state index contributed by atoms with van der Waals surface area (Å²) in [5.41, 5.74) is 0. The maximum absolute atomic E-state index is 10.4. The molecule has 3 heteroatoms. The van der Waals surface area contributed by atoms with E-state index in [1.807, 2.05) is 0 Å². The van der Waals surface area contributed by atoms with Crippen LogP contribution in [0.25, 0.3) is 0 Å². The predicted octanol–water partition coefficient (Wildman–Crippen LogP) is 2.63. The molecule has 2 rings (SSSR count). The Balaban J connectivity index is 2.06. The summed E-state index contributed by atoms with van der Waals surface area (Å²) in [5.74, 6) is 0.892. The van der Waals surface area contributed by atoms with Crippen molar-refractivity contribution in [3.63, 3.8) is 0 Å². The fourth-order valence-corrected chi connectivity index (χ4v) is 3.17. The van der Waals surface area contributed by atoms with E-state index >= 15 is 0 Å². The van der Waals surface area contributed by atoms with Crippen LogP contribution >= 0.6 is 11.6 Å². The van der Waals surface area contributed by atoms with Crippen LogP contribution in [0.15, 0.2) is 11.1 Å². The number of carboxylic acid groups (broad SMARTS) is 1.